The molecule has 4 rings (SSSR count). The number of rotatable bonds is 8. The van der Waals surface area contributed by atoms with Crippen LogP contribution >= 0.6 is 22.6 Å². The molecule has 0 aliphatic carbocycles. The van der Waals surface area contributed by atoms with Crippen molar-refractivity contribution < 1.29 is 28.7 Å². The maximum absolute atomic E-state index is 11.5. The lowest BCUT2D eigenvalue weighted by Gasteiger charge is -2.12. The molecule has 9 heteroatoms. The van der Waals surface area contributed by atoms with E-state index in [9.17, 15) is 19.2 Å². The van der Waals surface area contributed by atoms with Crippen molar-refractivity contribution in [3.63, 3.8) is 0 Å². The van der Waals surface area contributed by atoms with Crippen molar-refractivity contribution in [3.8, 4) is 24.2 Å². The minimum Gasteiger partial charge on any atom is -0.465 e. The minimum atomic E-state index is -0.374. The molecule has 0 spiro atoms. The van der Waals surface area contributed by atoms with Gasteiger partial charge in [-0.1, -0.05) is 54.2 Å². The number of ether oxygens (including phenoxy) is 2. The smallest absolute Gasteiger partial charge is 0.337 e. The number of benzene rings is 4. The largest absolute Gasteiger partial charge is 0.465 e. The van der Waals surface area contributed by atoms with Gasteiger partial charge in [0.2, 0.25) is 11.8 Å². The summed E-state index contributed by atoms with van der Waals surface area (Å²) in [5.41, 5.74) is 5.68. The molecule has 0 saturated heterocycles. The fourth-order valence-electron chi connectivity index (χ4n) is 4.69. The van der Waals surface area contributed by atoms with Crippen LogP contribution in [-0.4, -0.2) is 50.1 Å². The summed E-state index contributed by atoms with van der Waals surface area (Å²) < 4.78 is 10.5. The number of terminal acetylenes is 1. The molecule has 2 unspecified atom stereocenters. The topological polar surface area (TPSA) is 111 Å². The van der Waals surface area contributed by atoms with Crippen LogP contribution in [0.15, 0.2) is 97.1 Å². The van der Waals surface area contributed by atoms with Crippen LogP contribution in [0.1, 0.15) is 76.2 Å². The van der Waals surface area contributed by atoms with Crippen LogP contribution in [0.5, 0.6) is 0 Å². The summed E-state index contributed by atoms with van der Waals surface area (Å²) in [5, 5.41) is 5.73. The first-order valence-electron chi connectivity index (χ1n) is 16.1. The van der Waals surface area contributed by atoms with Crippen molar-refractivity contribution in [1.82, 2.24) is 10.6 Å². The molecule has 0 aliphatic heterocycles. The number of nitrogens with one attached hydrogen (secondary N) is 2. The van der Waals surface area contributed by atoms with Gasteiger partial charge >= 0.3 is 11.9 Å². The molecule has 0 aliphatic rings. The Balaban J connectivity index is 0.000000292. The molecule has 4 aromatic rings. The molecule has 2 atom stereocenters. The highest BCUT2D eigenvalue weighted by Crippen LogP contribution is 2.10. The lowest BCUT2D eigenvalue weighted by atomic mass is 10.0. The Kier molecular flexibility index (Phi) is 18.3. The van der Waals surface area contributed by atoms with E-state index in [2.05, 4.69) is 80.0 Å². The second-order valence-electron chi connectivity index (χ2n) is 11.5. The highest BCUT2D eigenvalue weighted by molar-refractivity contribution is 14.1. The summed E-state index contributed by atoms with van der Waals surface area (Å²) >= 11 is 2.28. The van der Waals surface area contributed by atoms with Crippen LogP contribution in [-0.2, 0) is 31.9 Å². The molecule has 0 saturated carbocycles. The predicted molar refractivity (Wildman–Crippen MR) is 209 cm³/mol. The van der Waals surface area contributed by atoms with E-state index in [0.717, 1.165) is 29.5 Å². The normalized spacial score (nSPS) is 10.8. The first-order chi connectivity index (χ1) is 24.3. The van der Waals surface area contributed by atoms with Crippen LogP contribution in [0, 0.1) is 27.8 Å². The standard InChI is InChI=1S/C21H21NO3.C11H14INO.C10H8O2/c1-15(22-16(2)23)13-19-11-8-17(9-12-19)7-10-18-5-4-6-20(14-18)21(24)25-3;1-8(13-9(2)14)7-10-3-5-11(12)6-4-10;1-3-8-5-4-6-9(7-8)10(11)12-2/h4-6,8-9,11-12,14-15H,13H2,1-3H3,(H,22,23);3-6,8H,7H2,1-2H3,(H,13,14);1,4-7H,2H3. The Bertz CT molecular complexity index is 1870. The fraction of sp³-hybridized carbons (Fsp3) is 0.238. The van der Waals surface area contributed by atoms with Gasteiger partial charge in [-0.2, -0.15) is 0 Å². The van der Waals surface area contributed by atoms with Gasteiger partial charge in [0.05, 0.1) is 25.3 Å². The van der Waals surface area contributed by atoms with Crippen molar-refractivity contribution in [3.05, 3.63) is 140 Å². The highest BCUT2D eigenvalue weighted by atomic mass is 127. The third-order valence-electron chi connectivity index (χ3n) is 6.94. The Morgan fingerprint density at radius 3 is 1.49 bits per heavy atom. The lowest BCUT2D eigenvalue weighted by Crippen LogP contribution is -2.31. The molecule has 0 heterocycles. The average Bonchev–Trinajstić information content (AvgIpc) is 3.11. The molecule has 4 aromatic carbocycles. The van der Waals surface area contributed by atoms with Gasteiger partial charge in [0.1, 0.15) is 0 Å². The highest BCUT2D eigenvalue weighted by Gasteiger charge is 2.07. The fourth-order valence-corrected chi connectivity index (χ4v) is 5.05. The SMILES string of the molecule is C#Cc1cccc(C(=O)OC)c1.CC(=O)NC(C)Cc1ccc(I)cc1.COC(=O)c1cccc(C#Cc2ccc(CC(C)NC(C)=O)cc2)c1. The number of hydrogen-bond donors (Lipinski definition) is 2. The Labute approximate surface area is 314 Å². The maximum Gasteiger partial charge on any atom is 0.337 e. The molecule has 0 fully saturated rings. The van der Waals surface area contributed by atoms with Gasteiger partial charge in [0, 0.05) is 46.2 Å². The quantitative estimate of drug-likeness (QED) is 0.116. The molecule has 264 valence electrons. The van der Waals surface area contributed by atoms with E-state index in [0.29, 0.717) is 16.7 Å². The van der Waals surface area contributed by atoms with Crippen molar-refractivity contribution in [2.45, 2.75) is 52.6 Å². The van der Waals surface area contributed by atoms with Gasteiger partial charge in [-0.05, 0) is 121 Å². The van der Waals surface area contributed by atoms with Crippen molar-refractivity contribution in [2.75, 3.05) is 14.2 Å². The zero-order valence-corrected chi connectivity index (χ0v) is 31.9. The second-order valence-corrected chi connectivity index (χ2v) is 12.7. The summed E-state index contributed by atoms with van der Waals surface area (Å²) in [6, 6.07) is 30.4. The number of carbonyl (C=O) groups is 4. The maximum atomic E-state index is 11.5. The number of halogens is 1. The monoisotopic (exact) mass is 798 g/mol. The van der Waals surface area contributed by atoms with Crippen LogP contribution in [0.4, 0.5) is 0 Å². The van der Waals surface area contributed by atoms with Crippen LogP contribution in [0.25, 0.3) is 0 Å². The lowest BCUT2D eigenvalue weighted by molar-refractivity contribution is -0.120. The van der Waals surface area contributed by atoms with Gasteiger partial charge in [0.15, 0.2) is 0 Å². The van der Waals surface area contributed by atoms with Crippen LogP contribution < -0.4 is 10.6 Å². The summed E-state index contributed by atoms with van der Waals surface area (Å²) in [4.78, 5) is 44.4. The molecule has 2 amide bonds. The van der Waals surface area contributed by atoms with E-state index in [1.165, 1.54) is 30.3 Å². The molecule has 51 heavy (non-hydrogen) atoms. The van der Waals surface area contributed by atoms with E-state index in [-0.39, 0.29) is 35.8 Å². The Morgan fingerprint density at radius 1 is 0.647 bits per heavy atom. The van der Waals surface area contributed by atoms with Gasteiger partial charge in [-0.3, -0.25) is 9.59 Å². The van der Waals surface area contributed by atoms with Crippen molar-refractivity contribution in [1.29, 1.82) is 0 Å². The van der Waals surface area contributed by atoms with Crippen LogP contribution in [0.2, 0.25) is 0 Å². The second kappa shape index (κ2) is 22.4. The third kappa shape index (κ3) is 16.7. The first kappa shape index (κ1) is 41.8. The minimum absolute atomic E-state index is 0.0239. The zero-order valence-electron chi connectivity index (χ0n) is 29.7. The molecular weight excluding hydrogens is 755 g/mol. The summed E-state index contributed by atoms with van der Waals surface area (Å²) in [7, 11) is 2.69. The molecule has 0 radical (unpaired) electrons. The summed E-state index contributed by atoms with van der Waals surface area (Å²) in [5.74, 6) is 7.84. The molecule has 0 aromatic heterocycles. The van der Waals surface area contributed by atoms with E-state index in [4.69, 9.17) is 11.2 Å². The first-order valence-corrected chi connectivity index (χ1v) is 17.1. The van der Waals surface area contributed by atoms with Gasteiger partial charge in [-0.15, -0.1) is 6.42 Å². The number of amides is 2. The van der Waals surface area contributed by atoms with Gasteiger partial charge in [-0.25, -0.2) is 9.59 Å². The molecular formula is C42H43IN2O6. The van der Waals surface area contributed by atoms with Gasteiger partial charge < -0.3 is 20.1 Å². The predicted octanol–water partition coefficient (Wildman–Crippen LogP) is 6.75. The van der Waals surface area contributed by atoms with E-state index >= 15 is 0 Å². The Hall–Kier alpha value is -5.39. The zero-order chi connectivity index (χ0) is 37.8. The average molecular weight is 799 g/mol. The number of methoxy groups -OCH3 is 2. The van der Waals surface area contributed by atoms with E-state index in [1.807, 2.05) is 44.2 Å². The molecule has 8 nitrogen and oxygen atoms in total. The van der Waals surface area contributed by atoms with Gasteiger partial charge in [0.25, 0.3) is 0 Å². The molecule has 2 N–H and O–H groups in total. The molecule has 0 bridgehead atoms. The van der Waals surface area contributed by atoms with E-state index in [1.54, 1.807) is 49.4 Å². The summed E-state index contributed by atoms with van der Waals surface area (Å²) in [6.45, 7) is 7.05. The number of esters is 2. The van der Waals surface area contributed by atoms with Crippen molar-refractivity contribution in [2.24, 2.45) is 0 Å². The number of carbonyl (C=O) groups excluding carboxylic acids is 4. The van der Waals surface area contributed by atoms with Crippen LogP contribution in [0.3, 0.4) is 0 Å². The van der Waals surface area contributed by atoms with E-state index < -0.39 is 0 Å². The Morgan fingerprint density at radius 2 is 1.06 bits per heavy atom. The summed E-state index contributed by atoms with van der Waals surface area (Å²) in [6.07, 6.45) is 6.82. The third-order valence-corrected chi connectivity index (χ3v) is 7.65. The number of hydrogen-bond acceptors (Lipinski definition) is 6. The van der Waals surface area contributed by atoms with Crippen molar-refractivity contribution >= 4 is 46.3 Å².